The molecule has 0 saturated heterocycles. The van der Waals surface area contributed by atoms with E-state index in [0.717, 1.165) is 32.5 Å². The first kappa shape index (κ1) is 14.5. The average Bonchev–Trinajstić information content (AvgIpc) is 2.56. The number of aliphatic hydroxyl groups is 1. The molecular weight excluding hydrogens is 210 g/mol. The first-order chi connectivity index (χ1) is 8.26. The van der Waals surface area contributed by atoms with Gasteiger partial charge in [-0.2, -0.15) is 0 Å². The first-order valence-electron chi connectivity index (χ1n) is 6.81. The maximum Gasteiger partial charge on any atom is 0.0499 e. The second-order valence-electron chi connectivity index (χ2n) is 5.34. The number of hydrogen-bond acceptors (Lipinski definition) is 2. The Hall–Kier alpha value is -0.600. The summed E-state index contributed by atoms with van der Waals surface area (Å²) in [5.74, 6) is 0. The lowest BCUT2D eigenvalue weighted by Crippen LogP contribution is -2.40. The van der Waals surface area contributed by atoms with Crippen LogP contribution in [0.15, 0.2) is 25.3 Å². The smallest absolute Gasteiger partial charge is 0.0499 e. The van der Waals surface area contributed by atoms with Crippen molar-refractivity contribution in [3.05, 3.63) is 25.3 Å². The van der Waals surface area contributed by atoms with Crippen LogP contribution in [0, 0.1) is 5.41 Å². The summed E-state index contributed by atoms with van der Waals surface area (Å²) >= 11 is 0. The van der Waals surface area contributed by atoms with E-state index in [1.807, 2.05) is 12.2 Å². The van der Waals surface area contributed by atoms with E-state index >= 15 is 0 Å². The molecule has 0 bridgehead atoms. The molecule has 0 heterocycles. The van der Waals surface area contributed by atoms with Crippen molar-refractivity contribution in [3.63, 3.8) is 0 Å². The molecule has 0 aromatic carbocycles. The summed E-state index contributed by atoms with van der Waals surface area (Å²) in [6.45, 7) is 10.7. The molecular formula is C15H27NO. The Morgan fingerprint density at radius 3 is 1.94 bits per heavy atom. The van der Waals surface area contributed by atoms with Crippen molar-refractivity contribution in [1.82, 2.24) is 4.90 Å². The predicted molar refractivity (Wildman–Crippen MR) is 74.1 cm³/mol. The minimum absolute atomic E-state index is 0.114. The number of hydrogen-bond donors (Lipinski definition) is 1. The summed E-state index contributed by atoms with van der Waals surface area (Å²) in [5.41, 5.74) is 0.114. The predicted octanol–water partition coefficient (Wildman–Crippen LogP) is 2.99. The topological polar surface area (TPSA) is 23.5 Å². The van der Waals surface area contributed by atoms with Crippen LogP contribution in [0.1, 0.15) is 38.5 Å². The molecule has 1 rings (SSSR count). The molecule has 0 atom stereocenters. The van der Waals surface area contributed by atoms with Crippen molar-refractivity contribution >= 4 is 0 Å². The van der Waals surface area contributed by atoms with Gasteiger partial charge >= 0.3 is 0 Å². The minimum Gasteiger partial charge on any atom is -0.396 e. The van der Waals surface area contributed by atoms with Crippen molar-refractivity contribution in [1.29, 1.82) is 0 Å². The van der Waals surface area contributed by atoms with Crippen LogP contribution in [0.5, 0.6) is 0 Å². The minimum atomic E-state index is 0.114. The van der Waals surface area contributed by atoms with E-state index in [2.05, 4.69) is 18.1 Å². The number of rotatable bonds is 7. The van der Waals surface area contributed by atoms with E-state index < -0.39 is 0 Å². The van der Waals surface area contributed by atoms with Gasteiger partial charge in [0.1, 0.15) is 0 Å². The van der Waals surface area contributed by atoms with E-state index in [9.17, 15) is 5.11 Å². The maximum atomic E-state index is 9.77. The van der Waals surface area contributed by atoms with Crippen LogP contribution in [0.2, 0.25) is 0 Å². The molecule has 0 amide bonds. The molecule has 2 heteroatoms. The lowest BCUT2D eigenvalue weighted by atomic mass is 9.80. The highest BCUT2D eigenvalue weighted by atomic mass is 16.3. The molecule has 1 fully saturated rings. The van der Waals surface area contributed by atoms with E-state index in [4.69, 9.17) is 0 Å². The monoisotopic (exact) mass is 237 g/mol. The summed E-state index contributed by atoms with van der Waals surface area (Å²) in [5, 5.41) is 9.77. The SMILES string of the molecule is C=CCN(CC=C)CC1(CO)CCCCCC1. The van der Waals surface area contributed by atoms with Crippen molar-refractivity contribution in [2.45, 2.75) is 38.5 Å². The van der Waals surface area contributed by atoms with Crippen LogP contribution in [0.25, 0.3) is 0 Å². The van der Waals surface area contributed by atoms with Gasteiger partial charge in [0.2, 0.25) is 0 Å². The highest BCUT2D eigenvalue weighted by Gasteiger charge is 2.31. The number of nitrogens with zero attached hydrogens (tertiary/aromatic N) is 1. The van der Waals surface area contributed by atoms with Gasteiger partial charge in [0, 0.05) is 31.7 Å². The van der Waals surface area contributed by atoms with Crippen molar-refractivity contribution < 1.29 is 5.11 Å². The van der Waals surface area contributed by atoms with Gasteiger partial charge in [-0.15, -0.1) is 13.2 Å². The zero-order valence-corrected chi connectivity index (χ0v) is 11.0. The Morgan fingerprint density at radius 1 is 1.00 bits per heavy atom. The highest BCUT2D eigenvalue weighted by Crippen LogP contribution is 2.35. The molecule has 1 aliphatic rings. The fraction of sp³-hybridized carbons (Fsp3) is 0.733. The van der Waals surface area contributed by atoms with Crippen LogP contribution < -0.4 is 0 Å². The van der Waals surface area contributed by atoms with Gasteiger partial charge in [0.25, 0.3) is 0 Å². The van der Waals surface area contributed by atoms with Gasteiger partial charge in [-0.1, -0.05) is 37.8 Å². The van der Waals surface area contributed by atoms with Crippen LogP contribution >= 0.6 is 0 Å². The third-order valence-electron chi connectivity index (χ3n) is 3.83. The van der Waals surface area contributed by atoms with Gasteiger partial charge in [0.15, 0.2) is 0 Å². The molecule has 98 valence electrons. The van der Waals surface area contributed by atoms with Gasteiger partial charge in [-0.25, -0.2) is 0 Å². The first-order valence-corrected chi connectivity index (χ1v) is 6.81. The molecule has 1 saturated carbocycles. The third-order valence-corrected chi connectivity index (χ3v) is 3.83. The third kappa shape index (κ3) is 4.64. The average molecular weight is 237 g/mol. The molecule has 1 aliphatic carbocycles. The van der Waals surface area contributed by atoms with E-state index in [-0.39, 0.29) is 5.41 Å². The van der Waals surface area contributed by atoms with E-state index in [1.165, 1.54) is 25.7 Å². The molecule has 17 heavy (non-hydrogen) atoms. The standard InChI is InChI=1S/C15H27NO/c1-3-11-16(12-4-2)13-15(14-17)9-7-5-6-8-10-15/h3-4,17H,1-2,5-14H2. The fourth-order valence-corrected chi connectivity index (χ4v) is 2.89. The molecule has 0 unspecified atom stereocenters. The zero-order chi connectivity index (χ0) is 12.6. The zero-order valence-electron chi connectivity index (χ0n) is 11.0. The summed E-state index contributed by atoms with van der Waals surface area (Å²) in [4.78, 5) is 2.33. The maximum absolute atomic E-state index is 9.77. The molecule has 0 aliphatic heterocycles. The van der Waals surface area contributed by atoms with Crippen molar-refractivity contribution in [2.24, 2.45) is 5.41 Å². The van der Waals surface area contributed by atoms with Gasteiger partial charge in [-0.05, 0) is 12.8 Å². The Balaban J connectivity index is 2.62. The highest BCUT2D eigenvalue weighted by molar-refractivity contribution is 4.88. The summed E-state index contributed by atoms with van der Waals surface area (Å²) in [7, 11) is 0. The quantitative estimate of drug-likeness (QED) is 0.543. The number of aliphatic hydroxyl groups excluding tert-OH is 1. The Kier molecular flexibility index (Phi) is 6.53. The summed E-state index contributed by atoms with van der Waals surface area (Å²) < 4.78 is 0. The summed E-state index contributed by atoms with van der Waals surface area (Å²) in [6.07, 6.45) is 11.4. The molecule has 0 aromatic heterocycles. The second kappa shape index (κ2) is 7.67. The lowest BCUT2D eigenvalue weighted by Gasteiger charge is -2.36. The second-order valence-corrected chi connectivity index (χ2v) is 5.34. The van der Waals surface area contributed by atoms with Gasteiger partial charge < -0.3 is 5.11 Å². The Labute approximate surface area is 106 Å². The lowest BCUT2D eigenvalue weighted by molar-refractivity contribution is 0.0676. The normalized spacial score (nSPS) is 19.9. The molecule has 1 N–H and O–H groups in total. The van der Waals surface area contributed by atoms with Crippen molar-refractivity contribution in [3.8, 4) is 0 Å². The molecule has 0 spiro atoms. The van der Waals surface area contributed by atoms with Gasteiger partial charge in [0.05, 0.1) is 0 Å². The van der Waals surface area contributed by atoms with Crippen LogP contribution in [-0.4, -0.2) is 36.2 Å². The largest absolute Gasteiger partial charge is 0.396 e. The molecule has 0 radical (unpaired) electrons. The van der Waals surface area contributed by atoms with Crippen LogP contribution in [0.3, 0.4) is 0 Å². The molecule has 0 aromatic rings. The van der Waals surface area contributed by atoms with Gasteiger partial charge in [-0.3, -0.25) is 4.90 Å². The van der Waals surface area contributed by atoms with Crippen molar-refractivity contribution in [2.75, 3.05) is 26.2 Å². The Morgan fingerprint density at radius 2 is 1.53 bits per heavy atom. The van der Waals surface area contributed by atoms with Crippen LogP contribution in [0.4, 0.5) is 0 Å². The van der Waals surface area contributed by atoms with Crippen LogP contribution in [-0.2, 0) is 0 Å². The van der Waals surface area contributed by atoms with E-state index in [1.54, 1.807) is 0 Å². The summed E-state index contributed by atoms with van der Waals surface area (Å²) in [6, 6.07) is 0. The fourth-order valence-electron chi connectivity index (χ4n) is 2.89. The molecule has 2 nitrogen and oxygen atoms in total. The Bertz CT molecular complexity index is 219. The van der Waals surface area contributed by atoms with E-state index in [0.29, 0.717) is 6.61 Å².